The van der Waals surface area contributed by atoms with Gasteiger partial charge in [-0.1, -0.05) is 5.11 Å². The van der Waals surface area contributed by atoms with Gasteiger partial charge in [-0.2, -0.15) is 0 Å². The van der Waals surface area contributed by atoms with Crippen LogP contribution in [0, 0.1) is 0 Å². The van der Waals surface area contributed by atoms with Crippen LogP contribution in [-0.2, 0) is 4.79 Å². The largest absolute Gasteiger partial charge is 0.346 e. The smallest absolute Gasteiger partial charge is 0.228 e. The number of amides is 1. The van der Waals surface area contributed by atoms with Crippen LogP contribution < -0.4 is 0 Å². The van der Waals surface area contributed by atoms with Gasteiger partial charge in [0.1, 0.15) is 6.54 Å². The van der Waals surface area contributed by atoms with Crippen molar-refractivity contribution >= 4 is 5.91 Å². The number of hydrogen-bond acceptors (Lipinski definition) is 2. The molecule has 5 nitrogen and oxygen atoms in total. The molecule has 0 unspecified atom stereocenters. The quantitative estimate of drug-likeness (QED) is 0.326. The highest BCUT2D eigenvalue weighted by Gasteiger charge is 2.02. The summed E-state index contributed by atoms with van der Waals surface area (Å²) in [7, 11) is 1.66. The lowest BCUT2D eigenvalue weighted by Gasteiger charge is -2.11. The predicted molar refractivity (Wildman–Crippen MR) is 37.3 cm³/mol. The summed E-state index contributed by atoms with van der Waals surface area (Å²) in [6.45, 7) is 2.41. The summed E-state index contributed by atoms with van der Waals surface area (Å²) in [6, 6.07) is 0. The maximum atomic E-state index is 10.8. The van der Waals surface area contributed by atoms with Crippen LogP contribution in [-0.4, -0.2) is 30.9 Å². The van der Waals surface area contributed by atoms with E-state index in [-0.39, 0.29) is 12.5 Å². The third-order valence-corrected chi connectivity index (χ3v) is 1.17. The summed E-state index contributed by atoms with van der Waals surface area (Å²) in [4.78, 5) is 14.8. The Morgan fingerprint density at radius 2 is 2.40 bits per heavy atom. The molecule has 0 spiro atoms. The monoisotopic (exact) mass is 142 g/mol. The van der Waals surface area contributed by atoms with Crippen molar-refractivity contribution in [2.45, 2.75) is 6.92 Å². The summed E-state index contributed by atoms with van der Waals surface area (Å²) in [6.07, 6.45) is 0. The van der Waals surface area contributed by atoms with E-state index in [0.717, 1.165) is 0 Å². The molecule has 0 aliphatic heterocycles. The Bertz CT molecular complexity index is 161. The zero-order chi connectivity index (χ0) is 7.98. The number of rotatable bonds is 3. The molecule has 0 radical (unpaired) electrons. The van der Waals surface area contributed by atoms with E-state index >= 15 is 0 Å². The van der Waals surface area contributed by atoms with E-state index in [2.05, 4.69) is 10.0 Å². The number of carbonyl (C=O) groups excluding carboxylic acids is 1. The molecule has 0 bridgehead atoms. The molecule has 0 fully saturated rings. The average molecular weight is 142 g/mol. The first kappa shape index (κ1) is 8.78. The fourth-order valence-corrected chi connectivity index (χ4v) is 0.389. The topological polar surface area (TPSA) is 69.1 Å². The van der Waals surface area contributed by atoms with Crippen LogP contribution in [0.2, 0.25) is 0 Å². The molecular formula is C5H10N4O. The van der Waals surface area contributed by atoms with Gasteiger partial charge < -0.3 is 4.90 Å². The molecule has 0 aliphatic carbocycles. The summed E-state index contributed by atoms with van der Waals surface area (Å²) < 4.78 is 0. The first-order chi connectivity index (χ1) is 4.72. The fraction of sp³-hybridized carbons (Fsp3) is 0.800. The lowest BCUT2D eigenvalue weighted by molar-refractivity contribution is -0.128. The molecule has 1 amide bonds. The van der Waals surface area contributed by atoms with Crippen LogP contribution in [0.15, 0.2) is 5.11 Å². The molecule has 0 saturated heterocycles. The summed E-state index contributed by atoms with van der Waals surface area (Å²) in [5.74, 6) is -0.152. The van der Waals surface area contributed by atoms with E-state index in [9.17, 15) is 4.79 Å². The van der Waals surface area contributed by atoms with Crippen LogP contribution in [0.4, 0.5) is 0 Å². The summed E-state index contributed by atoms with van der Waals surface area (Å²) >= 11 is 0. The second kappa shape index (κ2) is 4.64. The van der Waals surface area contributed by atoms with Crippen LogP contribution in [0.1, 0.15) is 6.92 Å². The molecule has 0 N–H and O–H groups in total. The first-order valence-electron chi connectivity index (χ1n) is 2.97. The molecule has 0 aromatic rings. The predicted octanol–water partition coefficient (Wildman–Crippen LogP) is 0.775. The normalized spacial score (nSPS) is 8.20. The van der Waals surface area contributed by atoms with E-state index in [0.29, 0.717) is 6.54 Å². The van der Waals surface area contributed by atoms with Crippen LogP contribution in [0.25, 0.3) is 10.4 Å². The Morgan fingerprint density at radius 3 is 2.80 bits per heavy atom. The van der Waals surface area contributed by atoms with Crippen molar-refractivity contribution in [3.63, 3.8) is 0 Å². The van der Waals surface area contributed by atoms with Gasteiger partial charge in [-0.25, -0.2) is 0 Å². The number of carbonyl (C=O) groups is 1. The van der Waals surface area contributed by atoms with Gasteiger partial charge in [0.05, 0.1) is 0 Å². The Labute approximate surface area is 59.3 Å². The molecule has 0 heterocycles. The second-order valence-electron chi connectivity index (χ2n) is 1.80. The van der Waals surface area contributed by atoms with E-state index in [1.54, 1.807) is 7.05 Å². The van der Waals surface area contributed by atoms with Crippen molar-refractivity contribution in [2.75, 3.05) is 20.1 Å². The second-order valence-corrected chi connectivity index (χ2v) is 1.80. The zero-order valence-electron chi connectivity index (χ0n) is 6.11. The van der Waals surface area contributed by atoms with Crippen LogP contribution in [0.5, 0.6) is 0 Å². The molecule has 0 rings (SSSR count). The Morgan fingerprint density at radius 1 is 1.80 bits per heavy atom. The number of nitrogens with zero attached hydrogens (tertiary/aromatic N) is 4. The number of likely N-dealkylation sites (N-methyl/N-ethyl adjacent to an activating group) is 1. The minimum absolute atomic E-state index is 0.0825. The van der Waals surface area contributed by atoms with Gasteiger partial charge in [0.2, 0.25) is 5.91 Å². The molecule has 0 aromatic heterocycles. The van der Waals surface area contributed by atoms with Crippen molar-refractivity contribution in [1.29, 1.82) is 0 Å². The lowest BCUT2D eigenvalue weighted by Crippen LogP contribution is -2.27. The van der Waals surface area contributed by atoms with E-state index < -0.39 is 0 Å². The molecule has 0 aromatic carbocycles. The summed E-state index contributed by atoms with van der Waals surface area (Å²) in [5.41, 5.74) is 7.86. The van der Waals surface area contributed by atoms with Gasteiger partial charge >= 0.3 is 0 Å². The third-order valence-electron chi connectivity index (χ3n) is 1.17. The van der Waals surface area contributed by atoms with Gasteiger partial charge in [0.25, 0.3) is 0 Å². The maximum Gasteiger partial charge on any atom is 0.228 e. The Balaban J connectivity index is 3.72. The molecule has 0 saturated carbocycles. The minimum Gasteiger partial charge on any atom is -0.346 e. The van der Waals surface area contributed by atoms with Crippen molar-refractivity contribution < 1.29 is 4.79 Å². The Kier molecular flexibility index (Phi) is 4.07. The van der Waals surface area contributed by atoms with Crippen molar-refractivity contribution in [3.05, 3.63) is 10.4 Å². The zero-order valence-corrected chi connectivity index (χ0v) is 6.11. The summed E-state index contributed by atoms with van der Waals surface area (Å²) in [5, 5.41) is 3.13. The molecular weight excluding hydrogens is 132 g/mol. The third kappa shape index (κ3) is 2.94. The molecule has 56 valence electrons. The van der Waals surface area contributed by atoms with E-state index in [4.69, 9.17) is 5.53 Å². The van der Waals surface area contributed by atoms with Crippen LogP contribution in [0.3, 0.4) is 0 Å². The van der Waals surface area contributed by atoms with Gasteiger partial charge in [0.15, 0.2) is 0 Å². The van der Waals surface area contributed by atoms with Gasteiger partial charge in [-0.05, 0) is 12.5 Å². The highest BCUT2D eigenvalue weighted by atomic mass is 16.2. The first-order valence-corrected chi connectivity index (χ1v) is 2.97. The highest BCUT2D eigenvalue weighted by molar-refractivity contribution is 5.77. The van der Waals surface area contributed by atoms with Gasteiger partial charge in [-0.3, -0.25) is 4.79 Å². The van der Waals surface area contributed by atoms with Crippen molar-refractivity contribution in [3.8, 4) is 0 Å². The average Bonchev–Trinajstić information content (AvgIpc) is 1.98. The van der Waals surface area contributed by atoms with Gasteiger partial charge in [0, 0.05) is 18.5 Å². The minimum atomic E-state index is -0.152. The molecule has 0 atom stereocenters. The molecule has 5 heteroatoms. The fourth-order valence-electron chi connectivity index (χ4n) is 0.389. The molecule has 0 aliphatic rings. The van der Waals surface area contributed by atoms with E-state index in [1.807, 2.05) is 6.92 Å². The van der Waals surface area contributed by atoms with Crippen LogP contribution >= 0.6 is 0 Å². The van der Waals surface area contributed by atoms with Gasteiger partial charge in [-0.15, -0.1) is 0 Å². The van der Waals surface area contributed by atoms with Crippen molar-refractivity contribution in [2.24, 2.45) is 5.11 Å². The molecule has 10 heavy (non-hydrogen) atoms. The van der Waals surface area contributed by atoms with Crippen molar-refractivity contribution in [1.82, 2.24) is 4.90 Å². The SMILES string of the molecule is CCN(C)C(=O)CN=[N+]=[N-]. The highest BCUT2D eigenvalue weighted by Crippen LogP contribution is 1.84. The van der Waals surface area contributed by atoms with E-state index in [1.165, 1.54) is 4.90 Å². The number of hydrogen-bond donors (Lipinski definition) is 0. The standard InChI is InChI=1S/C5H10N4O/c1-3-9(2)5(10)4-7-8-6/h3-4H2,1-2H3. The number of azide groups is 1. The lowest BCUT2D eigenvalue weighted by atomic mass is 10.5. The Hall–Kier alpha value is -1.22. The maximum absolute atomic E-state index is 10.8.